The lowest BCUT2D eigenvalue weighted by Crippen LogP contribution is -2.23. The van der Waals surface area contributed by atoms with Crippen molar-refractivity contribution in [2.24, 2.45) is 0 Å². The fraction of sp³-hybridized carbons (Fsp3) is 0.167. The van der Waals surface area contributed by atoms with Crippen LogP contribution < -0.4 is 5.32 Å². The second kappa shape index (κ2) is 6.26. The molecule has 0 spiro atoms. The molecule has 1 atom stereocenters. The van der Waals surface area contributed by atoms with Crippen molar-refractivity contribution in [3.63, 3.8) is 0 Å². The first-order valence-corrected chi connectivity index (χ1v) is 8.04. The van der Waals surface area contributed by atoms with Crippen LogP contribution in [0.1, 0.15) is 18.5 Å². The number of nitrogens with zero attached hydrogens (tertiary/aromatic N) is 1. The van der Waals surface area contributed by atoms with E-state index in [1.165, 1.54) is 0 Å². The molecule has 2 aromatic carbocycles. The lowest BCUT2D eigenvalue weighted by Gasteiger charge is -2.16. The number of carbonyl (C=O) groups is 1. The number of aryl methyl sites for hydroxylation is 1. The number of carbonyl (C=O) groups excluding carboxylic acids is 1. The van der Waals surface area contributed by atoms with Crippen molar-refractivity contribution in [1.82, 2.24) is 4.57 Å². The Hall–Kier alpha value is -1.97. The van der Waals surface area contributed by atoms with Crippen molar-refractivity contribution in [3.8, 4) is 0 Å². The number of aromatic nitrogens is 1. The van der Waals surface area contributed by atoms with Crippen LogP contribution in [0.25, 0.3) is 10.9 Å². The van der Waals surface area contributed by atoms with Gasteiger partial charge in [-0.25, -0.2) is 0 Å². The van der Waals surface area contributed by atoms with Crippen LogP contribution in [0.5, 0.6) is 0 Å². The molecular weight excluding hydrogens is 331 g/mol. The van der Waals surface area contributed by atoms with Crippen LogP contribution in [-0.4, -0.2) is 10.5 Å². The molecule has 1 amide bonds. The molecule has 1 unspecified atom stereocenters. The van der Waals surface area contributed by atoms with E-state index in [0.29, 0.717) is 15.7 Å². The molecule has 1 heterocycles. The highest BCUT2D eigenvalue weighted by Gasteiger charge is 2.17. The Bertz CT molecular complexity index is 886. The van der Waals surface area contributed by atoms with Crippen molar-refractivity contribution in [3.05, 3.63) is 64.3 Å². The lowest BCUT2D eigenvalue weighted by molar-refractivity contribution is -0.118. The van der Waals surface area contributed by atoms with Gasteiger partial charge in [-0.3, -0.25) is 4.79 Å². The molecule has 1 aromatic heterocycles. The van der Waals surface area contributed by atoms with Crippen LogP contribution in [-0.2, 0) is 4.79 Å². The molecule has 23 heavy (non-hydrogen) atoms. The van der Waals surface area contributed by atoms with Gasteiger partial charge in [-0.15, -0.1) is 0 Å². The van der Waals surface area contributed by atoms with Crippen LogP contribution in [0, 0.1) is 6.92 Å². The molecule has 5 heteroatoms. The lowest BCUT2D eigenvalue weighted by atomic mass is 10.2. The zero-order valence-electron chi connectivity index (χ0n) is 12.8. The van der Waals surface area contributed by atoms with Gasteiger partial charge in [0.25, 0.3) is 0 Å². The summed E-state index contributed by atoms with van der Waals surface area (Å²) in [5, 5.41) is 5.23. The van der Waals surface area contributed by atoms with Crippen LogP contribution >= 0.6 is 23.2 Å². The predicted molar refractivity (Wildman–Crippen MR) is 96.5 cm³/mol. The molecule has 0 aliphatic carbocycles. The van der Waals surface area contributed by atoms with Gasteiger partial charge in [0.05, 0.1) is 0 Å². The first-order valence-electron chi connectivity index (χ1n) is 7.29. The average Bonchev–Trinajstić information content (AvgIpc) is 2.93. The van der Waals surface area contributed by atoms with Crippen molar-refractivity contribution >= 4 is 45.7 Å². The predicted octanol–water partition coefficient (Wildman–Crippen LogP) is 5.46. The Morgan fingerprint density at radius 2 is 1.91 bits per heavy atom. The van der Waals surface area contributed by atoms with Crippen molar-refractivity contribution in [1.29, 1.82) is 0 Å². The van der Waals surface area contributed by atoms with E-state index in [1.807, 2.05) is 61.0 Å². The molecule has 0 saturated heterocycles. The molecule has 0 fully saturated rings. The summed E-state index contributed by atoms with van der Waals surface area (Å²) in [7, 11) is 0. The molecule has 0 bridgehead atoms. The number of halogens is 2. The van der Waals surface area contributed by atoms with E-state index in [-0.39, 0.29) is 11.9 Å². The number of fused-ring (bicyclic) bond motifs is 1. The minimum Gasteiger partial charge on any atom is -0.335 e. The maximum atomic E-state index is 12.5. The monoisotopic (exact) mass is 346 g/mol. The maximum Gasteiger partial charge on any atom is 0.247 e. The fourth-order valence-corrected chi connectivity index (χ4v) is 2.88. The van der Waals surface area contributed by atoms with Gasteiger partial charge >= 0.3 is 0 Å². The summed E-state index contributed by atoms with van der Waals surface area (Å²) in [5.74, 6) is -0.0997. The van der Waals surface area contributed by atoms with Crippen LogP contribution in [0.4, 0.5) is 5.69 Å². The Morgan fingerprint density at radius 3 is 2.65 bits per heavy atom. The topological polar surface area (TPSA) is 34.0 Å². The van der Waals surface area contributed by atoms with Gasteiger partial charge in [0.2, 0.25) is 5.91 Å². The van der Waals surface area contributed by atoms with E-state index in [4.69, 9.17) is 23.2 Å². The van der Waals surface area contributed by atoms with E-state index in [2.05, 4.69) is 5.32 Å². The molecule has 0 radical (unpaired) electrons. The van der Waals surface area contributed by atoms with Crippen molar-refractivity contribution in [2.75, 3.05) is 5.32 Å². The Labute approximate surface area is 144 Å². The van der Waals surface area contributed by atoms with E-state index in [9.17, 15) is 4.79 Å². The average molecular weight is 347 g/mol. The van der Waals surface area contributed by atoms with Crippen molar-refractivity contribution in [2.45, 2.75) is 19.9 Å². The number of anilines is 1. The first kappa shape index (κ1) is 15.9. The second-order valence-electron chi connectivity index (χ2n) is 5.56. The van der Waals surface area contributed by atoms with Gasteiger partial charge in [-0.05, 0) is 55.8 Å². The third-order valence-electron chi connectivity index (χ3n) is 3.92. The maximum absolute atomic E-state index is 12.5. The molecule has 3 aromatic rings. The summed E-state index contributed by atoms with van der Waals surface area (Å²) < 4.78 is 1.93. The zero-order chi connectivity index (χ0) is 16.6. The molecule has 0 aliphatic heterocycles. The van der Waals surface area contributed by atoms with E-state index >= 15 is 0 Å². The quantitative estimate of drug-likeness (QED) is 0.671. The molecular formula is C18H16Cl2N2O. The molecule has 3 rings (SSSR count). The third kappa shape index (κ3) is 3.21. The summed E-state index contributed by atoms with van der Waals surface area (Å²) in [5.41, 5.74) is 2.64. The number of hydrogen-bond acceptors (Lipinski definition) is 1. The Balaban J connectivity index is 1.84. The van der Waals surface area contributed by atoms with Gasteiger partial charge in [-0.1, -0.05) is 29.3 Å². The summed E-state index contributed by atoms with van der Waals surface area (Å²) in [6, 6.07) is 12.7. The number of hydrogen-bond donors (Lipinski definition) is 1. The van der Waals surface area contributed by atoms with E-state index in [0.717, 1.165) is 16.5 Å². The van der Waals surface area contributed by atoms with Crippen LogP contribution in [0.2, 0.25) is 10.0 Å². The summed E-state index contributed by atoms with van der Waals surface area (Å²) in [4.78, 5) is 12.5. The van der Waals surface area contributed by atoms with Gasteiger partial charge in [0.15, 0.2) is 0 Å². The van der Waals surface area contributed by atoms with Crippen LogP contribution in [0.3, 0.4) is 0 Å². The third-order valence-corrected chi connectivity index (χ3v) is 4.56. The van der Waals surface area contributed by atoms with Gasteiger partial charge in [-0.2, -0.15) is 0 Å². The fourth-order valence-electron chi connectivity index (χ4n) is 2.52. The number of benzene rings is 2. The van der Waals surface area contributed by atoms with Crippen LogP contribution in [0.15, 0.2) is 48.7 Å². The van der Waals surface area contributed by atoms with Gasteiger partial charge in [0, 0.05) is 32.8 Å². The van der Waals surface area contributed by atoms with Gasteiger partial charge in [0.1, 0.15) is 6.04 Å². The summed E-state index contributed by atoms with van der Waals surface area (Å²) in [6.45, 7) is 3.78. The second-order valence-corrected chi connectivity index (χ2v) is 6.40. The Morgan fingerprint density at radius 1 is 1.13 bits per heavy atom. The minimum absolute atomic E-state index is 0.0997. The highest BCUT2D eigenvalue weighted by atomic mass is 35.5. The molecule has 118 valence electrons. The highest BCUT2D eigenvalue weighted by molar-refractivity contribution is 6.31. The standard InChI is InChI=1S/C18H16Cl2N2O/c1-11-3-5-15(10-16(11)20)21-18(23)12(2)22-8-7-13-9-14(19)4-6-17(13)22/h3-10,12H,1-2H3,(H,21,23). The number of rotatable bonds is 3. The van der Waals surface area contributed by atoms with E-state index in [1.54, 1.807) is 6.07 Å². The highest BCUT2D eigenvalue weighted by Crippen LogP contribution is 2.25. The molecule has 0 saturated carbocycles. The molecule has 0 aliphatic rings. The normalized spacial score (nSPS) is 12.3. The SMILES string of the molecule is Cc1ccc(NC(=O)C(C)n2ccc3cc(Cl)ccc32)cc1Cl. The molecule has 1 N–H and O–H groups in total. The summed E-state index contributed by atoms with van der Waals surface area (Å²) in [6.07, 6.45) is 1.90. The smallest absolute Gasteiger partial charge is 0.247 e. The van der Waals surface area contributed by atoms with Crippen molar-refractivity contribution < 1.29 is 4.79 Å². The molecule has 3 nitrogen and oxygen atoms in total. The number of nitrogens with one attached hydrogen (secondary N) is 1. The van der Waals surface area contributed by atoms with E-state index < -0.39 is 0 Å². The number of amides is 1. The largest absolute Gasteiger partial charge is 0.335 e. The summed E-state index contributed by atoms with van der Waals surface area (Å²) >= 11 is 12.1. The minimum atomic E-state index is -0.353. The first-order chi connectivity index (χ1) is 11.0. The van der Waals surface area contributed by atoms with Gasteiger partial charge < -0.3 is 9.88 Å². The Kier molecular flexibility index (Phi) is 4.33. The zero-order valence-corrected chi connectivity index (χ0v) is 14.3.